The minimum atomic E-state index is -0.466. The van der Waals surface area contributed by atoms with Gasteiger partial charge in [-0.25, -0.2) is 4.98 Å². The molecular formula is C14H15BN2O2S. The molecule has 2 aromatic rings. The van der Waals surface area contributed by atoms with Gasteiger partial charge in [-0.05, 0) is 50.7 Å². The normalized spacial score (nSPS) is 20.2. The zero-order chi connectivity index (χ0) is 14.5. The fourth-order valence-corrected chi connectivity index (χ4v) is 2.99. The highest BCUT2D eigenvalue weighted by molar-refractivity contribution is 7.17. The second kappa shape index (κ2) is 4.29. The summed E-state index contributed by atoms with van der Waals surface area (Å²) in [7, 11) is -0.466. The van der Waals surface area contributed by atoms with Gasteiger partial charge in [-0.3, -0.25) is 0 Å². The monoisotopic (exact) mass is 286 g/mol. The van der Waals surface area contributed by atoms with Crippen LogP contribution in [0.25, 0.3) is 10.2 Å². The minimum Gasteiger partial charge on any atom is -0.399 e. The molecule has 3 heterocycles. The quantitative estimate of drug-likeness (QED) is 0.756. The van der Waals surface area contributed by atoms with Gasteiger partial charge in [0.2, 0.25) is 0 Å². The van der Waals surface area contributed by atoms with Gasteiger partial charge >= 0.3 is 7.12 Å². The third-order valence-electron chi connectivity index (χ3n) is 4.09. The van der Waals surface area contributed by atoms with Crippen LogP contribution in [0, 0.1) is 11.3 Å². The Bertz CT molecular complexity index is 702. The molecule has 0 radical (unpaired) electrons. The smallest absolute Gasteiger partial charge is 0.399 e. The van der Waals surface area contributed by atoms with Crippen LogP contribution < -0.4 is 5.46 Å². The van der Waals surface area contributed by atoms with Crippen LogP contribution in [0.2, 0.25) is 0 Å². The molecule has 0 amide bonds. The number of pyridine rings is 1. The number of nitriles is 1. The van der Waals surface area contributed by atoms with Crippen molar-refractivity contribution in [3.8, 4) is 6.07 Å². The van der Waals surface area contributed by atoms with Crippen molar-refractivity contribution in [3.63, 3.8) is 0 Å². The molecule has 1 fully saturated rings. The molecule has 1 aliphatic heterocycles. The lowest BCUT2D eigenvalue weighted by Crippen LogP contribution is -2.41. The Kier molecular flexibility index (Phi) is 2.91. The zero-order valence-electron chi connectivity index (χ0n) is 11.9. The minimum absolute atomic E-state index is 0.393. The first kappa shape index (κ1) is 13.6. The van der Waals surface area contributed by atoms with E-state index < -0.39 is 18.3 Å². The first-order chi connectivity index (χ1) is 9.34. The van der Waals surface area contributed by atoms with E-state index in [1.165, 1.54) is 11.3 Å². The summed E-state index contributed by atoms with van der Waals surface area (Å²) < 4.78 is 12.1. The molecule has 1 aliphatic rings. The lowest BCUT2D eigenvalue weighted by Gasteiger charge is -2.32. The maximum absolute atomic E-state index is 9.12. The maximum atomic E-state index is 9.12. The van der Waals surface area contributed by atoms with E-state index in [9.17, 15) is 0 Å². The molecule has 0 aliphatic carbocycles. The molecule has 20 heavy (non-hydrogen) atoms. The highest BCUT2D eigenvalue weighted by Crippen LogP contribution is 2.37. The molecule has 0 spiro atoms. The summed E-state index contributed by atoms with van der Waals surface area (Å²) in [4.78, 5) is 5.15. The number of hydrogen-bond donors (Lipinski definition) is 0. The lowest BCUT2D eigenvalue weighted by molar-refractivity contribution is 0.00578. The van der Waals surface area contributed by atoms with Gasteiger partial charge in [0.25, 0.3) is 0 Å². The number of fused-ring (bicyclic) bond motifs is 1. The maximum Gasteiger partial charge on any atom is 0.495 e. The largest absolute Gasteiger partial charge is 0.495 e. The molecule has 3 rings (SSSR count). The first-order valence-corrected chi connectivity index (χ1v) is 7.36. The van der Waals surface area contributed by atoms with E-state index in [1.54, 1.807) is 6.07 Å². The van der Waals surface area contributed by atoms with Crippen molar-refractivity contribution in [1.29, 1.82) is 5.26 Å². The van der Waals surface area contributed by atoms with Gasteiger partial charge in [0.15, 0.2) is 0 Å². The Morgan fingerprint density at radius 3 is 2.50 bits per heavy atom. The molecular weight excluding hydrogens is 271 g/mol. The van der Waals surface area contributed by atoms with Crippen molar-refractivity contribution in [2.45, 2.75) is 38.9 Å². The van der Waals surface area contributed by atoms with Crippen molar-refractivity contribution in [3.05, 3.63) is 23.2 Å². The molecule has 0 bridgehead atoms. The van der Waals surface area contributed by atoms with Crippen LogP contribution >= 0.6 is 11.3 Å². The molecule has 0 unspecified atom stereocenters. The van der Waals surface area contributed by atoms with Gasteiger partial charge in [-0.2, -0.15) is 5.26 Å². The molecule has 2 aromatic heterocycles. The van der Waals surface area contributed by atoms with Gasteiger partial charge in [-0.1, -0.05) is 0 Å². The molecule has 0 aromatic carbocycles. The summed E-state index contributed by atoms with van der Waals surface area (Å²) in [6, 6.07) is 5.85. The summed E-state index contributed by atoms with van der Waals surface area (Å²) in [5.74, 6) is 0. The lowest BCUT2D eigenvalue weighted by atomic mass is 9.77. The number of rotatable bonds is 1. The van der Waals surface area contributed by atoms with Crippen LogP contribution in [0.15, 0.2) is 17.5 Å². The van der Waals surface area contributed by atoms with E-state index in [4.69, 9.17) is 14.6 Å². The summed E-state index contributed by atoms with van der Waals surface area (Å²) in [6.45, 7) is 8.07. The van der Waals surface area contributed by atoms with Crippen molar-refractivity contribution >= 4 is 34.1 Å². The first-order valence-electron chi connectivity index (χ1n) is 6.48. The molecule has 6 heteroatoms. The van der Waals surface area contributed by atoms with Crippen molar-refractivity contribution in [2.24, 2.45) is 0 Å². The Labute approximate surface area is 122 Å². The Morgan fingerprint density at radius 1 is 1.25 bits per heavy atom. The summed E-state index contributed by atoms with van der Waals surface area (Å²) in [5, 5.41) is 12.1. The van der Waals surface area contributed by atoms with E-state index in [1.807, 2.05) is 39.1 Å². The Morgan fingerprint density at radius 2 is 1.90 bits per heavy atom. The zero-order valence-corrected chi connectivity index (χ0v) is 12.7. The van der Waals surface area contributed by atoms with Gasteiger partial charge < -0.3 is 9.31 Å². The molecule has 0 N–H and O–H groups in total. The Hall–Kier alpha value is -1.42. The number of aromatic nitrogens is 1. The van der Waals surface area contributed by atoms with Gasteiger partial charge in [0.1, 0.15) is 16.6 Å². The number of thiophene rings is 1. The van der Waals surface area contributed by atoms with Crippen LogP contribution in [0.4, 0.5) is 0 Å². The van der Waals surface area contributed by atoms with Crippen LogP contribution in [0.1, 0.15) is 33.4 Å². The highest BCUT2D eigenvalue weighted by atomic mass is 32.1. The van der Waals surface area contributed by atoms with Crippen LogP contribution in [0.5, 0.6) is 0 Å². The SMILES string of the molecule is CC1(C)OB(c2cc(C#N)nc3sccc23)OC1(C)C. The number of hydrogen-bond acceptors (Lipinski definition) is 5. The third-order valence-corrected chi connectivity index (χ3v) is 4.90. The molecule has 1 saturated heterocycles. The van der Waals surface area contributed by atoms with E-state index in [0.717, 1.165) is 15.7 Å². The van der Waals surface area contributed by atoms with Crippen molar-refractivity contribution in [1.82, 2.24) is 4.98 Å². The average molecular weight is 286 g/mol. The van der Waals surface area contributed by atoms with E-state index in [0.29, 0.717) is 5.69 Å². The van der Waals surface area contributed by atoms with Gasteiger partial charge in [0.05, 0.1) is 11.2 Å². The Balaban J connectivity index is 2.12. The average Bonchev–Trinajstić information content (AvgIpc) is 2.90. The summed E-state index contributed by atoms with van der Waals surface area (Å²) in [5.41, 5.74) is 0.489. The van der Waals surface area contributed by atoms with Crippen LogP contribution in [-0.2, 0) is 9.31 Å². The van der Waals surface area contributed by atoms with Crippen LogP contribution in [0.3, 0.4) is 0 Å². The summed E-state index contributed by atoms with van der Waals surface area (Å²) >= 11 is 1.52. The standard InChI is InChI=1S/C14H15BN2O2S/c1-13(2)14(3,4)19-15(18-13)11-7-9(8-16)17-12-10(11)5-6-20-12/h5-7H,1-4H3. The van der Waals surface area contributed by atoms with Gasteiger partial charge in [0, 0.05) is 5.39 Å². The highest BCUT2D eigenvalue weighted by Gasteiger charge is 2.52. The molecule has 0 saturated carbocycles. The van der Waals surface area contributed by atoms with E-state index in [2.05, 4.69) is 11.1 Å². The number of nitrogens with zero attached hydrogens (tertiary/aromatic N) is 2. The third kappa shape index (κ3) is 1.94. The van der Waals surface area contributed by atoms with Gasteiger partial charge in [-0.15, -0.1) is 11.3 Å². The predicted octanol–water partition coefficient (Wildman–Crippen LogP) is 2.47. The molecule has 0 atom stereocenters. The fourth-order valence-electron chi connectivity index (χ4n) is 2.20. The van der Waals surface area contributed by atoms with Crippen molar-refractivity contribution < 1.29 is 9.31 Å². The van der Waals surface area contributed by atoms with Crippen LogP contribution in [-0.4, -0.2) is 23.3 Å². The molecule has 102 valence electrons. The van der Waals surface area contributed by atoms with E-state index >= 15 is 0 Å². The van der Waals surface area contributed by atoms with E-state index in [-0.39, 0.29) is 0 Å². The predicted molar refractivity (Wildman–Crippen MR) is 80.1 cm³/mol. The molecule has 4 nitrogen and oxygen atoms in total. The summed E-state index contributed by atoms with van der Waals surface area (Å²) in [6.07, 6.45) is 0. The topological polar surface area (TPSA) is 55.1 Å². The second-order valence-electron chi connectivity index (χ2n) is 5.94. The fraction of sp³-hybridized carbons (Fsp3) is 0.429. The van der Waals surface area contributed by atoms with Crippen molar-refractivity contribution in [2.75, 3.05) is 0 Å². The second-order valence-corrected chi connectivity index (χ2v) is 6.83.